The van der Waals surface area contributed by atoms with Crippen LogP contribution in [-0.2, 0) is 31.9 Å². The first-order chi connectivity index (χ1) is 14.5. The number of esters is 3. The predicted molar refractivity (Wildman–Crippen MR) is 112 cm³/mol. The maximum Gasteiger partial charge on any atom is 0.343 e. The van der Waals surface area contributed by atoms with E-state index in [-0.39, 0.29) is 19.2 Å². The number of ether oxygens (including phenoxy) is 3. The Kier molecular flexibility index (Phi) is 9.06. The Labute approximate surface area is 175 Å². The second-order valence-electron chi connectivity index (χ2n) is 6.27. The Morgan fingerprint density at radius 2 is 1.37 bits per heavy atom. The van der Waals surface area contributed by atoms with Crippen molar-refractivity contribution >= 4 is 17.9 Å². The van der Waals surface area contributed by atoms with Gasteiger partial charge in [-0.05, 0) is 42.3 Å². The number of rotatable bonds is 10. The van der Waals surface area contributed by atoms with E-state index < -0.39 is 11.9 Å². The number of benzene rings is 2. The number of carbonyl (C=O) groups is 3. The fourth-order valence-corrected chi connectivity index (χ4v) is 2.48. The van der Waals surface area contributed by atoms with Crippen molar-refractivity contribution in [1.29, 1.82) is 0 Å². The monoisotopic (exact) mass is 408 g/mol. The molecule has 0 N–H and O–H groups in total. The highest BCUT2D eigenvalue weighted by Gasteiger charge is 2.09. The second-order valence-corrected chi connectivity index (χ2v) is 6.27. The van der Waals surface area contributed by atoms with Gasteiger partial charge in [0.25, 0.3) is 0 Å². The molecule has 0 spiro atoms. The third kappa shape index (κ3) is 7.75. The van der Waals surface area contributed by atoms with Crippen molar-refractivity contribution in [3.8, 4) is 5.75 Å². The molecule has 0 bridgehead atoms. The van der Waals surface area contributed by atoms with Gasteiger partial charge in [-0.1, -0.05) is 36.9 Å². The van der Waals surface area contributed by atoms with E-state index in [1.54, 1.807) is 49.4 Å². The van der Waals surface area contributed by atoms with Crippen LogP contribution in [0.25, 0.3) is 0 Å². The number of allylic oxidation sites excluding steroid dienone is 1. The lowest BCUT2D eigenvalue weighted by Crippen LogP contribution is -2.09. The van der Waals surface area contributed by atoms with Crippen molar-refractivity contribution in [2.75, 3.05) is 13.2 Å². The number of hydrogen-bond acceptors (Lipinski definition) is 6. The van der Waals surface area contributed by atoms with Crippen molar-refractivity contribution in [1.82, 2.24) is 0 Å². The molecular formula is C24H24O6. The first kappa shape index (κ1) is 22.6. The maximum absolute atomic E-state index is 12.3. The zero-order valence-corrected chi connectivity index (χ0v) is 16.8. The molecule has 6 heteroatoms. The average Bonchev–Trinajstić information content (AvgIpc) is 2.75. The molecular weight excluding hydrogens is 384 g/mol. The third-order valence-corrected chi connectivity index (χ3v) is 4.06. The van der Waals surface area contributed by atoms with Gasteiger partial charge in [0.2, 0.25) is 0 Å². The van der Waals surface area contributed by atoms with Crippen LogP contribution in [0.15, 0.2) is 73.3 Å². The van der Waals surface area contributed by atoms with Gasteiger partial charge in [-0.15, -0.1) is 0 Å². The average molecular weight is 408 g/mol. The van der Waals surface area contributed by atoms with Gasteiger partial charge in [-0.2, -0.15) is 0 Å². The van der Waals surface area contributed by atoms with Gasteiger partial charge < -0.3 is 14.2 Å². The summed E-state index contributed by atoms with van der Waals surface area (Å²) in [5.41, 5.74) is 2.31. The standard InChI is InChI=1S/C24H24O6/c1-3-5-23(26)29-17-15-19-8-12-21(13-9-19)30-24(27)20-10-6-18(7-11-20)14-16-28-22(25)4-2/h3-13H,2,14-17H2,1H3/b5-3+. The van der Waals surface area contributed by atoms with Gasteiger partial charge in [0.05, 0.1) is 18.8 Å². The van der Waals surface area contributed by atoms with Crippen LogP contribution >= 0.6 is 0 Å². The molecule has 0 radical (unpaired) electrons. The lowest BCUT2D eigenvalue weighted by Gasteiger charge is -2.07. The van der Waals surface area contributed by atoms with Crippen LogP contribution in [0.3, 0.4) is 0 Å². The molecule has 0 unspecified atom stereocenters. The Bertz CT molecular complexity index is 894. The van der Waals surface area contributed by atoms with Gasteiger partial charge in [-0.25, -0.2) is 14.4 Å². The SMILES string of the molecule is C=CC(=O)OCCc1ccc(C(=O)Oc2ccc(CCOC(=O)/C=C/C)cc2)cc1. The maximum atomic E-state index is 12.3. The van der Waals surface area contributed by atoms with Crippen LogP contribution in [0.1, 0.15) is 28.4 Å². The molecule has 0 fully saturated rings. The molecule has 6 nitrogen and oxygen atoms in total. The van der Waals surface area contributed by atoms with Crippen LogP contribution in [-0.4, -0.2) is 31.1 Å². The molecule has 2 aromatic rings. The molecule has 0 amide bonds. The highest BCUT2D eigenvalue weighted by atomic mass is 16.5. The van der Waals surface area contributed by atoms with Crippen LogP contribution in [0.5, 0.6) is 5.75 Å². The number of carbonyl (C=O) groups excluding carboxylic acids is 3. The molecule has 0 aliphatic rings. The van der Waals surface area contributed by atoms with E-state index in [0.29, 0.717) is 24.2 Å². The topological polar surface area (TPSA) is 78.9 Å². The van der Waals surface area contributed by atoms with Gasteiger partial charge in [-0.3, -0.25) is 0 Å². The lowest BCUT2D eigenvalue weighted by atomic mass is 10.1. The van der Waals surface area contributed by atoms with Gasteiger partial charge >= 0.3 is 17.9 Å². The van der Waals surface area contributed by atoms with Crippen LogP contribution in [0.4, 0.5) is 0 Å². The van der Waals surface area contributed by atoms with Crippen molar-refractivity contribution in [2.45, 2.75) is 19.8 Å². The van der Waals surface area contributed by atoms with Crippen molar-refractivity contribution in [3.63, 3.8) is 0 Å². The Morgan fingerprint density at radius 1 is 0.833 bits per heavy atom. The molecule has 0 aromatic heterocycles. The summed E-state index contributed by atoms with van der Waals surface area (Å²) >= 11 is 0. The van der Waals surface area contributed by atoms with E-state index in [9.17, 15) is 14.4 Å². The summed E-state index contributed by atoms with van der Waals surface area (Å²) in [5, 5.41) is 0. The van der Waals surface area contributed by atoms with E-state index in [2.05, 4.69) is 6.58 Å². The van der Waals surface area contributed by atoms with Gasteiger partial charge in [0.1, 0.15) is 5.75 Å². The molecule has 0 heterocycles. The van der Waals surface area contributed by atoms with E-state index in [1.807, 2.05) is 12.1 Å². The zero-order chi connectivity index (χ0) is 21.8. The molecule has 0 aliphatic heterocycles. The molecule has 30 heavy (non-hydrogen) atoms. The smallest absolute Gasteiger partial charge is 0.343 e. The zero-order valence-electron chi connectivity index (χ0n) is 16.8. The number of hydrogen-bond donors (Lipinski definition) is 0. The largest absolute Gasteiger partial charge is 0.462 e. The van der Waals surface area contributed by atoms with Crippen LogP contribution in [0.2, 0.25) is 0 Å². The second kappa shape index (κ2) is 12.0. The molecule has 2 aromatic carbocycles. The summed E-state index contributed by atoms with van der Waals surface area (Å²) < 4.78 is 15.4. The van der Waals surface area contributed by atoms with Crippen molar-refractivity contribution < 1.29 is 28.6 Å². The van der Waals surface area contributed by atoms with Crippen LogP contribution < -0.4 is 4.74 Å². The van der Waals surface area contributed by atoms with Crippen molar-refractivity contribution in [2.24, 2.45) is 0 Å². The van der Waals surface area contributed by atoms with Gasteiger partial charge in [0.15, 0.2) is 0 Å². The highest BCUT2D eigenvalue weighted by molar-refractivity contribution is 5.91. The van der Waals surface area contributed by atoms with Crippen LogP contribution in [0, 0.1) is 0 Å². The predicted octanol–water partition coefficient (Wildman–Crippen LogP) is 3.84. The normalized spacial score (nSPS) is 10.4. The van der Waals surface area contributed by atoms with Crippen molar-refractivity contribution in [3.05, 3.63) is 90.0 Å². The summed E-state index contributed by atoms with van der Waals surface area (Å²) in [6.45, 7) is 5.61. The molecule has 0 aliphatic carbocycles. The summed E-state index contributed by atoms with van der Waals surface area (Å²) in [6.07, 6.45) is 5.22. The molecule has 0 atom stereocenters. The fourth-order valence-electron chi connectivity index (χ4n) is 2.48. The Morgan fingerprint density at radius 3 is 1.90 bits per heavy atom. The minimum Gasteiger partial charge on any atom is -0.462 e. The van der Waals surface area contributed by atoms with E-state index >= 15 is 0 Å². The Hall–Kier alpha value is -3.67. The first-order valence-electron chi connectivity index (χ1n) is 9.50. The first-order valence-corrected chi connectivity index (χ1v) is 9.50. The van der Waals surface area contributed by atoms with E-state index in [1.165, 1.54) is 6.08 Å². The summed E-state index contributed by atoms with van der Waals surface area (Å²) in [7, 11) is 0. The van der Waals surface area contributed by atoms with Gasteiger partial charge in [0, 0.05) is 25.0 Å². The third-order valence-electron chi connectivity index (χ3n) is 4.06. The minimum absolute atomic E-state index is 0.246. The summed E-state index contributed by atoms with van der Waals surface area (Å²) in [5.74, 6) is -0.870. The minimum atomic E-state index is -0.465. The Balaban J connectivity index is 1.81. The molecule has 2 rings (SSSR count). The lowest BCUT2D eigenvalue weighted by molar-refractivity contribution is -0.138. The molecule has 156 valence electrons. The van der Waals surface area contributed by atoms with E-state index in [0.717, 1.165) is 17.2 Å². The molecule has 0 saturated carbocycles. The summed E-state index contributed by atoms with van der Waals surface area (Å²) in [6, 6.07) is 13.9. The quantitative estimate of drug-likeness (QED) is 0.338. The highest BCUT2D eigenvalue weighted by Crippen LogP contribution is 2.15. The summed E-state index contributed by atoms with van der Waals surface area (Å²) in [4.78, 5) is 34.6. The van der Waals surface area contributed by atoms with E-state index in [4.69, 9.17) is 14.2 Å². The molecule has 0 saturated heterocycles. The fraction of sp³-hybridized carbons (Fsp3) is 0.208.